The molecule has 3 N–H and O–H groups in total. The van der Waals surface area contributed by atoms with Gasteiger partial charge in [-0.25, -0.2) is 0 Å². The van der Waals surface area contributed by atoms with E-state index >= 15 is 0 Å². The van der Waals surface area contributed by atoms with E-state index in [1.54, 1.807) is 18.2 Å². The van der Waals surface area contributed by atoms with Crippen molar-refractivity contribution in [2.75, 3.05) is 5.73 Å². The number of nitrogens with one attached hydrogen (secondary N) is 1. The SMILES string of the molecule is C[C@H]1CCCC[C@H]1NC(=O)c1ccc(N)cc1Cl. The number of carbonyl (C=O) groups excluding carboxylic acids is 1. The number of nitrogen functional groups attached to an aromatic ring is 1. The summed E-state index contributed by atoms with van der Waals surface area (Å²) in [6, 6.07) is 5.26. The molecule has 18 heavy (non-hydrogen) atoms. The first kappa shape index (κ1) is 13.2. The Morgan fingerprint density at radius 1 is 1.39 bits per heavy atom. The van der Waals surface area contributed by atoms with Gasteiger partial charge >= 0.3 is 0 Å². The van der Waals surface area contributed by atoms with Crippen LogP contribution in [-0.2, 0) is 0 Å². The zero-order valence-electron chi connectivity index (χ0n) is 10.6. The Balaban J connectivity index is 2.07. The minimum absolute atomic E-state index is 0.0984. The van der Waals surface area contributed by atoms with Crippen molar-refractivity contribution in [3.05, 3.63) is 28.8 Å². The van der Waals surface area contributed by atoms with Crippen LogP contribution in [0.1, 0.15) is 43.0 Å². The Morgan fingerprint density at radius 2 is 2.11 bits per heavy atom. The lowest BCUT2D eigenvalue weighted by atomic mass is 9.86. The number of halogens is 1. The predicted octanol–water partition coefficient (Wildman–Crippen LogP) is 3.23. The standard InChI is InChI=1S/C14H19ClN2O/c1-9-4-2-3-5-13(9)17-14(18)11-7-6-10(16)8-12(11)15/h6-9,13H,2-5,16H2,1H3,(H,17,18)/t9-,13+/m0/s1. The van der Waals surface area contributed by atoms with E-state index in [4.69, 9.17) is 17.3 Å². The molecule has 1 aliphatic carbocycles. The van der Waals surface area contributed by atoms with Gasteiger partial charge in [0.15, 0.2) is 0 Å². The van der Waals surface area contributed by atoms with Gasteiger partial charge in [0, 0.05) is 11.7 Å². The Morgan fingerprint density at radius 3 is 2.78 bits per heavy atom. The summed E-state index contributed by atoms with van der Waals surface area (Å²) >= 11 is 6.04. The van der Waals surface area contributed by atoms with E-state index in [9.17, 15) is 4.79 Å². The van der Waals surface area contributed by atoms with Crippen molar-refractivity contribution in [2.45, 2.75) is 38.6 Å². The zero-order valence-corrected chi connectivity index (χ0v) is 11.3. The lowest BCUT2D eigenvalue weighted by Crippen LogP contribution is -2.41. The molecule has 1 aromatic carbocycles. The quantitative estimate of drug-likeness (QED) is 0.808. The van der Waals surface area contributed by atoms with E-state index < -0.39 is 0 Å². The van der Waals surface area contributed by atoms with Crippen molar-refractivity contribution >= 4 is 23.2 Å². The maximum atomic E-state index is 12.2. The summed E-state index contributed by atoms with van der Waals surface area (Å²) < 4.78 is 0. The second-order valence-electron chi connectivity index (χ2n) is 5.08. The fourth-order valence-electron chi connectivity index (χ4n) is 2.49. The zero-order chi connectivity index (χ0) is 13.1. The molecule has 1 amide bonds. The van der Waals surface area contributed by atoms with Crippen LogP contribution in [-0.4, -0.2) is 11.9 Å². The summed E-state index contributed by atoms with van der Waals surface area (Å²) in [4.78, 5) is 12.2. The van der Waals surface area contributed by atoms with E-state index in [-0.39, 0.29) is 11.9 Å². The van der Waals surface area contributed by atoms with Crippen LogP contribution in [0.4, 0.5) is 5.69 Å². The minimum Gasteiger partial charge on any atom is -0.399 e. The van der Waals surface area contributed by atoms with Crippen LogP contribution in [0.2, 0.25) is 5.02 Å². The summed E-state index contributed by atoms with van der Waals surface area (Å²) in [6.07, 6.45) is 4.68. The van der Waals surface area contributed by atoms with Gasteiger partial charge in [-0.3, -0.25) is 4.79 Å². The van der Waals surface area contributed by atoms with E-state index in [1.165, 1.54) is 19.3 Å². The Hall–Kier alpha value is -1.22. The van der Waals surface area contributed by atoms with E-state index in [2.05, 4.69) is 12.2 Å². The molecule has 0 saturated heterocycles. The highest BCUT2D eigenvalue weighted by Gasteiger charge is 2.23. The first-order valence-electron chi connectivity index (χ1n) is 6.44. The molecule has 1 aliphatic rings. The summed E-state index contributed by atoms with van der Waals surface area (Å²) in [5.74, 6) is 0.439. The van der Waals surface area contributed by atoms with Crippen molar-refractivity contribution < 1.29 is 4.79 Å². The van der Waals surface area contributed by atoms with E-state index in [0.717, 1.165) is 6.42 Å². The second kappa shape index (κ2) is 5.61. The van der Waals surface area contributed by atoms with E-state index in [1.807, 2.05) is 0 Å². The number of carbonyl (C=O) groups is 1. The van der Waals surface area contributed by atoms with Crippen molar-refractivity contribution in [2.24, 2.45) is 5.92 Å². The third-order valence-corrected chi connectivity index (χ3v) is 3.98. The molecule has 1 aromatic rings. The van der Waals surface area contributed by atoms with Crippen LogP contribution in [0.3, 0.4) is 0 Å². The van der Waals surface area contributed by atoms with Gasteiger partial charge in [-0.05, 0) is 37.0 Å². The number of amides is 1. The number of hydrogen-bond donors (Lipinski definition) is 2. The molecule has 0 aliphatic heterocycles. The van der Waals surface area contributed by atoms with Gasteiger partial charge in [-0.1, -0.05) is 31.4 Å². The van der Waals surface area contributed by atoms with Crippen molar-refractivity contribution in [1.82, 2.24) is 5.32 Å². The van der Waals surface area contributed by atoms with Crippen molar-refractivity contribution in [3.63, 3.8) is 0 Å². The second-order valence-corrected chi connectivity index (χ2v) is 5.49. The highest BCUT2D eigenvalue weighted by molar-refractivity contribution is 6.34. The maximum Gasteiger partial charge on any atom is 0.253 e. The van der Waals surface area contributed by atoms with Crippen LogP contribution in [0, 0.1) is 5.92 Å². The largest absolute Gasteiger partial charge is 0.399 e. The molecule has 98 valence electrons. The fraction of sp³-hybridized carbons (Fsp3) is 0.500. The number of hydrogen-bond acceptors (Lipinski definition) is 2. The highest BCUT2D eigenvalue weighted by atomic mass is 35.5. The number of rotatable bonds is 2. The normalized spacial score (nSPS) is 23.7. The van der Waals surface area contributed by atoms with Gasteiger partial charge in [-0.15, -0.1) is 0 Å². The van der Waals surface area contributed by atoms with Gasteiger partial charge in [-0.2, -0.15) is 0 Å². The molecule has 0 heterocycles. The number of anilines is 1. The fourth-order valence-corrected chi connectivity index (χ4v) is 2.77. The molecule has 2 rings (SSSR count). The van der Waals surface area contributed by atoms with Gasteiger partial charge < -0.3 is 11.1 Å². The average molecular weight is 267 g/mol. The molecule has 4 heteroatoms. The average Bonchev–Trinajstić information content (AvgIpc) is 2.32. The van der Waals surface area contributed by atoms with Crippen LogP contribution < -0.4 is 11.1 Å². The Kier molecular flexibility index (Phi) is 4.12. The number of nitrogens with two attached hydrogens (primary N) is 1. The van der Waals surface area contributed by atoms with E-state index in [0.29, 0.717) is 22.2 Å². The van der Waals surface area contributed by atoms with Gasteiger partial charge in [0.25, 0.3) is 5.91 Å². The molecule has 2 atom stereocenters. The van der Waals surface area contributed by atoms with Crippen LogP contribution >= 0.6 is 11.6 Å². The Labute approximate surface area is 113 Å². The smallest absolute Gasteiger partial charge is 0.253 e. The maximum absolute atomic E-state index is 12.2. The molecule has 0 aromatic heterocycles. The van der Waals surface area contributed by atoms with Crippen LogP contribution in [0.15, 0.2) is 18.2 Å². The molecule has 0 spiro atoms. The third-order valence-electron chi connectivity index (χ3n) is 3.67. The van der Waals surface area contributed by atoms with Crippen molar-refractivity contribution in [1.29, 1.82) is 0 Å². The first-order chi connectivity index (χ1) is 8.58. The van der Waals surface area contributed by atoms with Crippen molar-refractivity contribution in [3.8, 4) is 0 Å². The van der Waals surface area contributed by atoms with Gasteiger partial charge in [0.1, 0.15) is 0 Å². The monoisotopic (exact) mass is 266 g/mol. The molecule has 1 fully saturated rings. The lowest BCUT2D eigenvalue weighted by Gasteiger charge is -2.29. The van der Waals surface area contributed by atoms with Gasteiger partial charge in [0.05, 0.1) is 10.6 Å². The summed E-state index contributed by atoms with van der Waals surface area (Å²) in [6.45, 7) is 2.19. The Bertz CT molecular complexity index is 447. The van der Waals surface area contributed by atoms with Crippen LogP contribution in [0.5, 0.6) is 0 Å². The lowest BCUT2D eigenvalue weighted by molar-refractivity contribution is 0.0910. The number of benzene rings is 1. The predicted molar refractivity (Wildman–Crippen MR) is 74.8 cm³/mol. The third kappa shape index (κ3) is 2.96. The molecule has 1 saturated carbocycles. The summed E-state index contributed by atoms with van der Waals surface area (Å²) in [7, 11) is 0. The first-order valence-corrected chi connectivity index (χ1v) is 6.81. The van der Waals surface area contributed by atoms with Gasteiger partial charge in [0.2, 0.25) is 0 Å². The minimum atomic E-state index is -0.0984. The summed E-state index contributed by atoms with van der Waals surface area (Å²) in [5.41, 5.74) is 6.69. The molecular formula is C14H19ClN2O. The topological polar surface area (TPSA) is 55.1 Å². The molecule has 3 nitrogen and oxygen atoms in total. The molecule has 0 unspecified atom stereocenters. The molecular weight excluding hydrogens is 248 g/mol. The van der Waals surface area contributed by atoms with Crippen LogP contribution in [0.25, 0.3) is 0 Å². The highest BCUT2D eigenvalue weighted by Crippen LogP contribution is 2.25. The molecule has 0 bridgehead atoms. The molecule has 0 radical (unpaired) electrons. The summed E-state index contributed by atoms with van der Waals surface area (Å²) in [5, 5.41) is 3.49.